The standard InChI is InChI=1S/C23H35N7O2.HI/c1-24-23(25-10-8-22-28-27-21-7-5-4-6-11-30(21)22)26-17-9-12-29(16-17)18-13-19(31-2)15-20(14-18)32-3;/h13-15,17H,4-12,16H2,1-3H3,(H2,24,25,26);1H. The molecule has 0 bridgehead atoms. The molecular formula is C23H36IN7O2. The van der Waals surface area contributed by atoms with Gasteiger partial charge in [0.05, 0.1) is 14.2 Å². The summed E-state index contributed by atoms with van der Waals surface area (Å²) in [5.41, 5.74) is 1.11. The van der Waals surface area contributed by atoms with Crippen LogP contribution in [0.5, 0.6) is 11.5 Å². The van der Waals surface area contributed by atoms with Crippen LogP contribution in [0.25, 0.3) is 0 Å². The minimum absolute atomic E-state index is 0. The summed E-state index contributed by atoms with van der Waals surface area (Å²) in [5.74, 6) is 4.65. The largest absolute Gasteiger partial charge is 0.497 e. The molecule has 1 atom stereocenters. The van der Waals surface area contributed by atoms with Crippen LogP contribution in [0.4, 0.5) is 5.69 Å². The average molecular weight is 569 g/mol. The van der Waals surface area contributed by atoms with Crippen molar-refractivity contribution >= 4 is 35.6 Å². The summed E-state index contributed by atoms with van der Waals surface area (Å²) >= 11 is 0. The summed E-state index contributed by atoms with van der Waals surface area (Å²) in [5, 5.41) is 15.8. The molecule has 0 aliphatic carbocycles. The van der Waals surface area contributed by atoms with Gasteiger partial charge in [-0.25, -0.2) is 0 Å². The van der Waals surface area contributed by atoms with E-state index in [-0.39, 0.29) is 24.0 Å². The number of ether oxygens (including phenoxy) is 2. The quantitative estimate of drug-likeness (QED) is 0.301. The Morgan fingerprint density at radius 3 is 2.61 bits per heavy atom. The number of rotatable bonds is 7. The van der Waals surface area contributed by atoms with Crippen LogP contribution in [-0.2, 0) is 19.4 Å². The second-order valence-electron chi connectivity index (χ2n) is 8.39. The van der Waals surface area contributed by atoms with E-state index in [1.54, 1.807) is 14.2 Å². The molecule has 1 unspecified atom stereocenters. The van der Waals surface area contributed by atoms with Crippen molar-refractivity contribution in [3.05, 3.63) is 29.8 Å². The lowest BCUT2D eigenvalue weighted by atomic mass is 10.2. The van der Waals surface area contributed by atoms with Gasteiger partial charge in [0, 0.05) is 76.0 Å². The molecule has 3 heterocycles. The zero-order chi connectivity index (χ0) is 22.3. The number of anilines is 1. The van der Waals surface area contributed by atoms with Gasteiger partial charge in [0.25, 0.3) is 0 Å². The number of nitrogens with zero attached hydrogens (tertiary/aromatic N) is 5. The van der Waals surface area contributed by atoms with Gasteiger partial charge in [-0.3, -0.25) is 4.99 Å². The highest BCUT2D eigenvalue weighted by Gasteiger charge is 2.24. The molecule has 33 heavy (non-hydrogen) atoms. The van der Waals surface area contributed by atoms with Gasteiger partial charge in [-0.2, -0.15) is 0 Å². The van der Waals surface area contributed by atoms with Gasteiger partial charge in [-0.15, -0.1) is 34.2 Å². The lowest BCUT2D eigenvalue weighted by Gasteiger charge is -2.21. The van der Waals surface area contributed by atoms with E-state index in [1.165, 1.54) is 19.3 Å². The Balaban J connectivity index is 0.00000306. The van der Waals surface area contributed by atoms with Gasteiger partial charge in [-0.05, 0) is 19.3 Å². The molecule has 0 spiro atoms. The van der Waals surface area contributed by atoms with E-state index in [9.17, 15) is 0 Å². The summed E-state index contributed by atoms with van der Waals surface area (Å²) in [6.07, 6.45) is 6.63. The van der Waals surface area contributed by atoms with E-state index in [0.717, 1.165) is 80.2 Å². The van der Waals surface area contributed by atoms with Crippen LogP contribution in [0.2, 0.25) is 0 Å². The van der Waals surface area contributed by atoms with Crippen LogP contribution in [0.1, 0.15) is 37.3 Å². The zero-order valence-corrected chi connectivity index (χ0v) is 22.2. The smallest absolute Gasteiger partial charge is 0.191 e. The molecule has 0 radical (unpaired) electrons. The molecule has 2 N–H and O–H groups in total. The predicted molar refractivity (Wildman–Crippen MR) is 141 cm³/mol. The number of hydrogen-bond acceptors (Lipinski definition) is 6. The molecule has 1 saturated heterocycles. The summed E-state index contributed by atoms with van der Waals surface area (Å²) in [4.78, 5) is 6.77. The third kappa shape index (κ3) is 6.42. The molecule has 4 rings (SSSR count). The monoisotopic (exact) mass is 569 g/mol. The Morgan fingerprint density at radius 1 is 1.09 bits per heavy atom. The highest BCUT2D eigenvalue weighted by atomic mass is 127. The SMILES string of the molecule is CN=C(NCCc1nnc2n1CCCCC2)NC1CCN(c2cc(OC)cc(OC)c2)C1.I. The lowest BCUT2D eigenvalue weighted by molar-refractivity contribution is 0.394. The molecule has 0 amide bonds. The van der Waals surface area contributed by atoms with Crippen LogP contribution < -0.4 is 25.0 Å². The van der Waals surface area contributed by atoms with E-state index in [4.69, 9.17) is 9.47 Å². The van der Waals surface area contributed by atoms with E-state index in [2.05, 4.69) is 47.4 Å². The van der Waals surface area contributed by atoms with Crippen LogP contribution in [-0.4, -0.2) is 67.7 Å². The topological polar surface area (TPSA) is 88.8 Å². The Labute approximate surface area is 213 Å². The number of methoxy groups -OCH3 is 2. The van der Waals surface area contributed by atoms with E-state index in [1.807, 2.05) is 13.1 Å². The fourth-order valence-electron chi connectivity index (χ4n) is 4.50. The number of benzene rings is 1. The first kappa shape index (κ1) is 25.4. The minimum Gasteiger partial charge on any atom is -0.497 e. The van der Waals surface area contributed by atoms with Gasteiger partial charge >= 0.3 is 0 Å². The number of guanidine groups is 1. The first-order chi connectivity index (χ1) is 15.7. The van der Waals surface area contributed by atoms with Crippen molar-refractivity contribution in [3.8, 4) is 11.5 Å². The van der Waals surface area contributed by atoms with Crippen LogP contribution in [0.3, 0.4) is 0 Å². The van der Waals surface area contributed by atoms with E-state index >= 15 is 0 Å². The minimum atomic E-state index is 0. The second kappa shape index (κ2) is 12.3. The third-order valence-electron chi connectivity index (χ3n) is 6.28. The van der Waals surface area contributed by atoms with Gasteiger partial charge < -0.3 is 29.6 Å². The summed E-state index contributed by atoms with van der Waals surface area (Å²) in [7, 11) is 5.18. The van der Waals surface area contributed by atoms with Crippen molar-refractivity contribution in [1.82, 2.24) is 25.4 Å². The van der Waals surface area contributed by atoms with Crippen molar-refractivity contribution in [1.29, 1.82) is 0 Å². The van der Waals surface area contributed by atoms with Gasteiger partial charge in [0.15, 0.2) is 5.96 Å². The highest BCUT2D eigenvalue weighted by Crippen LogP contribution is 2.30. The molecule has 2 aromatic rings. The first-order valence-corrected chi connectivity index (χ1v) is 11.6. The number of aryl methyl sites for hydroxylation is 1. The van der Waals surface area contributed by atoms with Crippen molar-refractivity contribution in [2.45, 2.75) is 51.1 Å². The van der Waals surface area contributed by atoms with Gasteiger partial charge in [0.1, 0.15) is 23.1 Å². The molecule has 1 aromatic heterocycles. The van der Waals surface area contributed by atoms with Crippen molar-refractivity contribution in [2.75, 3.05) is 45.8 Å². The number of nitrogens with one attached hydrogen (secondary N) is 2. The normalized spacial score (nSPS) is 18.2. The molecule has 2 aliphatic rings. The zero-order valence-electron chi connectivity index (χ0n) is 19.8. The number of halogens is 1. The number of aliphatic imine (C=N–C) groups is 1. The second-order valence-corrected chi connectivity index (χ2v) is 8.39. The number of aromatic nitrogens is 3. The van der Waals surface area contributed by atoms with Crippen LogP contribution in [0, 0.1) is 0 Å². The van der Waals surface area contributed by atoms with E-state index in [0.29, 0.717) is 6.04 Å². The Morgan fingerprint density at radius 2 is 1.88 bits per heavy atom. The first-order valence-electron chi connectivity index (χ1n) is 11.6. The van der Waals surface area contributed by atoms with Crippen molar-refractivity contribution in [3.63, 3.8) is 0 Å². The van der Waals surface area contributed by atoms with Crippen molar-refractivity contribution in [2.24, 2.45) is 4.99 Å². The third-order valence-corrected chi connectivity index (χ3v) is 6.28. The van der Waals surface area contributed by atoms with Crippen LogP contribution >= 0.6 is 24.0 Å². The fraction of sp³-hybridized carbons (Fsp3) is 0.609. The molecule has 10 heteroatoms. The average Bonchev–Trinajstić information content (AvgIpc) is 3.38. The Bertz CT molecular complexity index is 911. The molecule has 1 aromatic carbocycles. The number of fused-ring (bicyclic) bond motifs is 1. The van der Waals surface area contributed by atoms with E-state index < -0.39 is 0 Å². The summed E-state index contributed by atoms with van der Waals surface area (Å²) < 4.78 is 13.1. The lowest BCUT2D eigenvalue weighted by Crippen LogP contribution is -2.45. The summed E-state index contributed by atoms with van der Waals surface area (Å²) in [6, 6.07) is 6.33. The maximum atomic E-state index is 5.42. The molecule has 0 saturated carbocycles. The van der Waals surface area contributed by atoms with Crippen LogP contribution in [0.15, 0.2) is 23.2 Å². The number of hydrogen-bond donors (Lipinski definition) is 2. The Kier molecular flexibility index (Phi) is 9.45. The molecule has 182 valence electrons. The summed E-state index contributed by atoms with van der Waals surface area (Å²) in [6.45, 7) is 3.69. The maximum Gasteiger partial charge on any atom is 0.191 e. The van der Waals surface area contributed by atoms with Crippen molar-refractivity contribution < 1.29 is 9.47 Å². The molecule has 9 nitrogen and oxygen atoms in total. The highest BCUT2D eigenvalue weighted by molar-refractivity contribution is 14.0. The molecule has 1 fully saturated rings. The fourth-order valence-corrected chi connectivity index (χ4v) is 4.50. The molecular weight excluding hydrogens is 533 g/mol. The van der Waals surface area contributed by atoms with Gasteiger partial charge in [0.2, 0.25) is 0 Å². The maximum absolute atomic E-state index is 5.42. The predicted octanol–water partition coefficient (Wildman–Crippen LogP) is 2.63. The van der Waals surface area contributed by atoms with Gasteiger partial charge in [-0.1, -0.05) is 6.42 Å². The Hall–Kier alpha value is -2.24. The molecule has 2 aliphatic heterocycles.